The van der Waals surface area contributed by atoms with Gasteiger partial charge in [0.1, 0.15) is 0 Å². The topological polar surface area (TPSA) is 50.3 Å². The standard InChI is InChI=1S/C19H16N2O2S2/c22-16-9-5-11-21(15-8-3-1-6-13(15)16)18(23)12-24-19-20-14-7-2-4-10-17(14)25-19/h1-4,6-8,10H,5,9,11-12H2. The van der Waals surface area contributed by atoms with Gasteiger partial charge in [-0.2, -0.15) is 0 Å². The summed E-state index contributed by atoms with van der Waals surface area (Å²) in [5.74, 6) is 0.457. The summed E-state index contributed by atoms with van der Waals surface area (Å²) in [6.07, 6.45) is 1.19. The number of fused-ring (bicyclic) bond motifs is 2. The maximum absolute atomic E-state index is 12.8. The fraction of sp³-hybridized carbons (Fsp3) is 0.211. The summed E-state index contributed by atoms with van der Waals surface area (Å²) in [4.78, 5) is 31.3. The van der Waals surface area contributed by atoms with Crippen molar-refractivity contribution in [3.8, 4) is 0 Å². The minimum atomic E-state index is 0.0198. The molecule has 126 valence electrons. The average molecular weight is 368 g/mol. The molecule has 0 fully saturated rings. The van der Waals surface area contributed by atoms with Gasteiger partial charge in [0.05, 0.1) is 21.7 Å². The lowest BCUT2D eigenvalue weighted by molar-refractivity contribution is -0.116. The average Bonchev–Trinajstić information content (AvgIpc) is 2.98. The van der Waals surface area contributed by atoms with Crippen LogP contribution in [-0.4, -0.2) is 29.0 Å². The minimum Gasteiger partial charge on any atom is -0.311 e. The highest BCUT2D eigenvalue weighted by molar-refractivity contribution is 8.01. The van der Waals surface area contributed by atoms with Crippen LogP contribution in [0.5, 0.6) is 0 Å². The molecule has 2 heterocycles. The smallest absolute Gasteiger partial charge is 0.237 e. The molecule has 2 aromatic carbocycles. The number of benzene rings is 2. The highest BCUT2D eigenvalue weighted by Gasteiger charge is 2.24. The molecule has 0 unspecified atom stereocenters. The molecule has 0 saturated carbocycles. The molecule has 0 atom stereocenters. The zero-order valence-electron chi connectivity index (χ0n) is 13.5. The summed E-state index contributed by atoms with van der Waals surface area (Å²) < 4.78 is 2.02. The van der Waals surface area contributed by atoms with Gasteiger partial charge < -0.3 is 4.90 Å². The Bertz CT molecular complexity index is 918. The Morgan fingerprint density at radius 1 is 1.16 bits per heavy atom. The summed E-state index contributed by atoms with van der Waals surface area (Å²) in [5, 5.41) is 0. The Labute approximate surface area is 153 Å². The van der Waals surface area contributed by atoms with Crippen LogP contribution in [-0.2, 0) is 4.79 Å². The second-order valence-electron chi connectivity index (χ2n) is 5.83. The fourth-order valence-corrected chi connectivity index (χ4v) is 4.92. The lowest BCUT2D eigenvalue weighted by Crippen LogP contribution is -2.33. The number of hydrogen-bond donors (Lipinski definition) is 0. The SMILES string of the molecule is O=C1CCCN(C(=O)CSc2nc3ccccc3s2)c2ccccc21. The van der Waals surface area contributed by atoms with Gasteiger partial charge in [0.15, 0.2) is 10.1 Å². The van der Waals surface area contributed by atoms with E-state index in [9.17, 15) is 9.59 Å². The lowest BCUT2D eigenvalue weighted by atomic mass is 10.1. The fourth-order valence-electron chi connectivity index (χ4n) is 2.97. The van der Waals surface area contributed by atoms with Crippen LogP contribution in [0.4, 0.5) is 5.69 Å². The van der Waals surface area contributed by atoms with Crippen LogP contribution in [0.3, 0.4) is 0 Å². The van der Waals surface area contributed by atoms with Gasteiger partial charge in [-0.25, -0.2) is 4.98 Å². The number of anilines is 1. The maximum Gasteiger partial charge on any atom is 0.237 e. The van der Waals surface area contributed by atoms with Crippen LogP contribution in [0, 0.1) is 0 Å². The number of rotatable bonds is 3. The van der Waals surface area contributed by atoms with Gasteiger partial charge in [0, 0.05) is 18.5 Å². The molecule has 1 amide bonds. The van der Waals surface area contributed by atoms with E-state index >= 15 is 0 Å². The lowest BCUT2D eigenvalue weighted by Gasteiger charge is -2.22. The largest absolute Gasteiger partial charge is 0.311 e. The number of thioether (sulfide) groups is 1. The van der Waals surface area contributed by atoms with Crippen LogP contribution in [0.2, 0.25) is 0 Å². The Balaban J connectivity index is 1.52. The summed E-state index contributed by atoms with van der Waals surface area (Å²) >= 11 is 3.06. The third-order valence-corrected chi connectivity index (χ3v) is 6.34. The first kappa shape index (κ1) is 16.3. The summed E-state index contributed by atoms with van der Waals surface area (Å²) in [6.45, 7) is 0.585. The van der Waals surface area contributed by atoms with E-state index in [1.54, 1.807) is 16.2 Å². The number of para-hydroxylation sites is 2. The number of hydrogen-bond acceptors (Lipinski definition) is 5. The van der Waals surface area contributed by atoms with E-state index in [1.807, 2.05) is 48.5 Å². The molecule has 0 radical (unpaired) electrons. The number of ketones is 1. The Morgan fingerprint density at radius 2 is 1.96 bits per heavy atom. The maximum atomic E-state index is 12.8. The number of Topliss-reactive ketones (excluding diaryl/α,β-unsaturated/α-hetero) is 1. The normalized spacial score (nSPS) is 14.4. The van der Waals surface area contributed by atoms with E-state index in [2.05, 4.69) is 4.98 Å². The first-order chi connectivity index (χ1) is 12.2. The molecule has 0 spiro atoms. The number of aromatic nitrogens is 1. The Hall–Kier alpha value is -2.18. The third-order valence-electron chi connectivity index (χ3n) is 4.18. The molecule has 1 aliphatic rings. The van der Waals surface area contributed by atoms with E-state index < -0.39 is 0 Å². The van der Waals surface area contributed by atoms with Crippen LogP contribution < -0.4 is 4.90 Å². The van der Waals surface area contributed by atoms with Crippen molar-refractivity contribution in [2.75, 3.05) is 17.2 Å². The van der Waals surface area contributed by atoms with Crippen molar-refractivity contribution in [3.05, 3.63) is 54.1 Å². The molecule has 1 aromatic heterocycles. The zero-order chi connectivity index (χ0) is 17.2. The molecular weight excluding hydrogens is 352 g/mol. The number of nitrogens with zero attached hydrogens (tertiary/aromatic N) is 2. The highest BCUT2D eigenvalue weighted by atomic mass is 32.2. The molecule has 0 N–H and O–H groups in total. The summed E-state index contributed by atoms with van der Waals surface area (Å²) in [7, 11) is 0. The van der Waals surface area contributed by atoms with Gasteiger partial charge in [0.2, 0.25) is 5.91 Å². The molecule has 0 aliphatic carbocycles. The van der Waals surface area contributed by atoms with Gasteiger partial charge in [0.25, 0.3) is 0 Å². The minimum absolute atomic E-state index is 0.0198. The van der Waals surface area contributed by atoms with Gasteiger partial charge in [-0.1, -0.05) is 36.0 Å². The molecule has 0 bridgehead atoms. The Morgan fingerprint density at radius 3 is 2.84 bits per heavy atom. The predicted octanol–water partition coefficient (Wildman–Crippen LogP) is 4.40. The first-order valence-electron chi connectivity index (χ1n) is 8.13. The van der Waals surface area contributed by atoms with Crippen molar-refractivity contribution in [2.24, 2.45) is 0 Å². The van der Waals surface area contributed by atoms with E-state index in [0.29, 0.717) is 30.7 Å². The zero-order valence-corrected chi connectivity index (χ0v) is 15.1. The molecule has 1 aliphatic heterocycles. The highest BCUT2D eigenvalue weighted by Crippen LogP contribution is 2.31. The molecule has 0 saturated heterocycles. The van der Waals surface area contributed by atoms with Crippen molar-refractivity contribution in [1.82, 2.24) is 4.98 Å². The van der Waals surface area contributed by atoms with Crippen molar-refractivity contribution >= 4 is 50.7 Å². The van der Waals surface area contributed by atoms with Crippen LogP contribution in [0.1, 0.15) is 23.2 Å². The molecule has 3 aromatic rings. The number of thiazole rings is 1. The summed E-state index contributed by atoms with van der Waals surface area (Å²) in [5.41, 5.74) is 2.35. The van der Waals surface area contributed by atoms with Crippen LogP contribution in [0.25, 0.3) is 10.2 Å². The van der Waals surface area contributed by atoms with Gasteiger partial charge in [-0.15, -0.1) is 11.3 Å². The number of carbonyl (C=O) groups excluding carboxylic acids is 2. The first-order valence-corrected chi connectivity index (χ1v) is 9.93. The summed E-state index contributed by atoms with van der Waals surface area (Å²) in [6, 6.07) is 15.4. The molecule has 4 nitrogen and oxygen atoms in total. The monoisotopic (exact) mass is 368 g/mol. The number of carbonyl (C=O) groups is 2. The van der Waals surface area contributed by atoms with Gasteiger partial charge in [-0.05, 0) is 30.7 Å². The third kappa shape index (κ3) is 3.32. The predicted molar refractivity (Wildman–Crippen MR) is 103 cm³/mol. The quantitative estimate of drug-likeness (QED) is 0.643. The van der Waals surface area contributed by atoms with Crippen molar-refractivity contribution in [2.45, 2.75) is 17.2 Å². The second-order valence-corrected chi connectivity index (χ2v) is 8.08. The molecule has 6 heteroatoms. The van der Waals surface area contributed by atoms with Gasteiger partial charge >= 0.3 is 0 Å². The van der Waals surface area contributed by atoms with E-state index in [0.717, 1.165) is 20.2 Å². The van der Waals surface area contributed by atoms with Gasteiger partial charge in [-0.3, -0.25) is 9.59 Å². The van der Waals surface area contributed by atoms with Crippen LogP contribution >= 0.6 is 23.1 Å². The van der Waals surface area contributed by atoms with E-state index in [-0.39, 0.29) is 11.7 Å². The molecule has 4 rings (SSSR count). The molecule has 25 heavy (non-hydrogen) atoms. The van der Waals surface area contributed by atoms with Crippen molar-refractivity contribution < 1.29 is 9.59 Å². The Kier molecular flexibility index (Phi) is 4.55. The van der Waals surface area contributed by atoms with E-state index in [4.69, 9.17) is 0 Å². The number of amides is 1. The van der Waals surface area contributed by atoms with Crippen molar-refractivity contribution in [1.29, 1.82) is 0 Å². The van der Waals surface area contributed by atoms with Crippen LogP contribution in [0.15, 0.2) is 52.9 Å². The van der Waals surface area contributed by atoms with Crippen molar-refractivity contribution in [3.63, 3.8) is 0 Å². The second kappa shape index (κ2) is 6.98. The molecular formula is C19H16N2O2S2. The van der Waals surface area contributed by atoms with E-state index in [1.165, 1.54) is 11.8 Å².